The van der Waals surface area contributed by atoms with Gasteiger partial charge in [0.25, 0.3) is 0 Å². The fourth-order valence-corrected chi connectivity index (χ4v) is 4.87. The Kier molecular flexibility index (Phi) is 6.70. The highest BCUT2D eigenvalue weighted by atomic mass is 32.2. The Bertz CT molecular complexity index is 950. The van der Waals surface area contributed by atoms with Crippen LogP contribution in [0, 0.1) is 5.82 Å². The van der Waals surface area contributed by atoms with Gasteiger partial charge in [-0.15, -0.1) is 0 Å². The van der Waals surface area contributed by atoms with Crippen LogP contribution in [-0.4, -0.2) is 49.7 Å². The number of hydrogen-bond acceptors (Lipinski definition) is 3. The van der Waals surface area contributed by atoms with Crippen molar-refractivity contribution in [3.05, 3.63) is 65.5 Å². The van der Waals surface area contributed by atoms with E-state index >= 15 is 0 Å². The molecule has 0 aromatic heterocycles. The summed E-state index contributed by atoms with van der Waals surface area (Å²) in [7, 11) is -3.57. The molecule has 0 spiro atoms. The summed E-state index contributed by atoms with van der Waals surface area (Å²) in [5, 5.41) is 0. The average Bonchev–Trinajstić information content (AvgIpc) is 2.73. The third-order valence-corrected chi connectivity index (χ3v) is 7.25. The second-order valence-corrected chi connectivity index (χ2v) is 9.54. The molecule has 156 valence electrons. The molecule has 0 unspecified atom stereocenters. The lowest BCUT2D eigenvalue weighted by molar-refractivity contribution is -0.132. The molecule has 5 nitrogen and oxygen atoms in total. The fourth-order valence-electron chi connectivity index (χ4n) is 3.45. The Morgan fingerprint density at radius 2 is 1.62 bits per heavy atom. The van der Waals surface area contributed by atoms with E-state index in [-0.39, 0.29) is 36.1 Å². The molecule has 1 fully saturated rings. The van der Waals surface area contributed by atoms with Gasteiger partial charge < -0.3 is 4.90 Å². The highest BCUT2D eigenvalue weighted by Gasteiger charge is 2.30. The zero-order valence-electron chi connectivity index (χ0n) is 16.8. The van der Waals surface area contributed by atoms with E-state index in [1.54, 1.807) is 35.2 Å². The molecule has 1 saturated heterocycles. The number of aryl methyl sites for hydroxylation is 1. The monoisotopic (exact) mass is 418 g/mol. The summed E-state index contributed by atoms with van der Waals surface area (Å²) in [5.41, 5.74) is 1.61. The zero-order valence-corrected chi connectivity index (χ0v) is 17.7. The molecule has 7 heteroatoms. The Morgan fingerprint density at radius 3 is 2.21 bits per heavy atom. The molecule has 2 aromatic rings. The summed E-state index contributed by atoms with van der Waals surface area (Å²) in [6, 6.07) is 13.4. The Morgan fingerprint density at radius 1 is 1.00 bits per heavy atom. The molecule has 0 atom stereocenters. The van der Waals surface area contributed by atoms with Crippen LogP contribution < -0.4 is 0 Å². The van der Waals surface area contributed by atoms with E-state index < -0.39 is 10.0 Å². The number of carbonyl (C=O) groups excluding carboxylic acids is 1. The van der Waals surface area contributed by atoms with Crippen LogP contribution in [-0.2, 0) is 21.2 Å². The van der Waals surface area contributed by atoms with E-state index in [0.29, 0.717) is 31.0 Å². The molecule has 2 aromatic carbocycles. The van der Waals surface area contributed by atoms with Gasteiger partial charge in [-0.05, 0) is 41.7 Å². The quantitative estimate of drug-likeness (QED) is 0.722. The highest BCUT2D eigenvalue weighted by Crippen LogP contribution is 2.21. The van der Waals surface area contributed by atoms with Crippen LogP contribution in [0.4, 0.5) is 4.39 Å². The molecule has 0 bridgehead atoms. The first-order valence-electron chi connectivity index (χ1n) is 9.90. The summed E-state index contributed by atoms with van der Waals surface area (Å²) >= 11 is 0. The van der Waals surface area contributed by atoms with Gasteiger partial charge in [-0.25, -0.2) is 12.8 Å². The Labute approximate surface area is 172 Å². The first-order valence-corrected chi connectivity index (χ1v) is 11.3. The predicted octanol–water partition coefficient (Wildman–Crippen LogP) is 3.41. The summed E-state index contributed by atoms with van der Waals surface area (Å²) in [4.78, 5) is 14.4. The number of benzene rings is 2. The second kappa shape index (κ2) is 9.05. The molecule has 0 aliphatic carbocycles. The van der Waals surface area contributed by atoms with Gasteiger partial charge in [0.15, 0.2) is 0 Å². The zero-order chi connectivity index (χ0) is 21.0. The third kappa shape index (κ3) is 5.03. The van der Waals surface area contributed by atoms with E-state index in [1.807, 2.05) is 12.1 Å². The summed E-state index contributed by atoms with van der Waals surface area (Å²) < 4.78 is 40.9. The minimum Gasteiger partial charge on any atom is -0.340 e. The SMILES string of the molecule is CC(C)c1ccc(S(=O)(=O)N2CCN(C(=O)CCc3ccccc3F)CC2)cc1. The van der Waals surface area contributed by atoms with E-state index in [9.17, 15) is 17.6 Å². The lowest BCUT2D eigenvalue weighted by Crippen LogP contribution is -2.50. The van der Waals surface area contributed by atoms with Gasteiger partial charge in [-0.3, -0.25) is 4.79 Å². The first kappa shape index (κ1) is 21.5. The van der Waals surface area contributed by atoms with Crippen LogP contribution in [0.3, 0.4) is 0 Å². The van der Waals surface area contributed by atoms with Crippen molar-refractivity contribution in [3.63, 3.8) is 0 Å². The predicted molar refractivity (Wildman–Crippen MR) is 111 cm³/mol. The van der Waals surface area contributed by atoms with Gasteiger partial charge in [0, 0.05) is 32.6 Å². The maximum absolute atomic E-state index is 13.7. The normalized spacial score (nSPS) is 15.7. The van der Waals surface area contributed by atoms with Crippen molar-refractivity contribution in [2.75, 3.05) is 26.2 Å². The fraction of sp³-hybridized carbons (Fsp3) is 0.409. The summed E-state index contributed by atoms with van der Waals surface area (Å²) in [6.07, 6.45) is 0.552. The Hall–Kier alpha value is -2.25. The first-order chi connectivity index (χ1) is 13.8. The number of carbonyl (C=O) groups is 1. The number of piperazine rings is 1. The third-order valence-electron chi connectivity index (χ3n) is 5.34. The summed E-state index contributed by atoms with van der Waals surface area (Å²) in [6.45, 7) is 5.34. The van der Waals surface area contributed by atoms with Gasteiger partial charge >= 0.3 is 0 Å². The highest BCUT2D eigenvalue weighted by molar-refractivity contribution is 7.89. The van der Waals surface area contributed by atoms with E-state index in [4.69, 9.17) is 0 Å². The van der Waals surface area contributed by atoms with Crippen LogP contribution in [0.5, 0.6) is 0 Å². The minimum atomic E-state index is -3.57. The summed E-state index contributed by atoms with van der Waals surface area (Å²) in [5.74, 6) is -0.0445. The molecule has 1 aliphatic heterocycles. The maximum atomic E-state index is 13.7. The van der Waals surface area contributed by atoms with Crippen molar-refractivity contribution >= 4 is 15.9 Å². The average molecular weight is 419 g/mol. The number of hydrogen-bond donors (Lipinski definition) is 0. The smallest absolute Gasteiger partial charge is 0.243 e. The molecule has 1 heterocycles. The number of halogens is 1. The second-order valence-electron chi connectivity index (χ2n) is 7.60. The number of sulfonamides is 1. The van der Waals surface area contributed by atoms with Crippen molar-refractivity contribution < 1.29 is 17.6 Å². The van der Waals surface area contributed by atoms with Crippen LogP contribution in [0.2, 0.25) is 0 Å². The molecule has 29 heavy (non-hydrogen) atoms. The molecule has 0 saturated carbocycles. The van der Waals surface area contributed by atoms with Crippen molar-refractivity contribution in [2.45, 2.75) is 37.5 Å². The molecular formula is C22H27FN2O3S. The lowest BCUT2D eigenvalue weighted by Gasteiger charge is -2.34. The molecule has 3 rings (SSSR count). The number of rotatable bonds is 6. The van der Waals surface area contributed by atoms with Gasteiger partial charge in [-0.1, -0.05) is 44.2 Å². The van der Waals surface area contributed by atoms with Crippen LogP contribution >= 0.6 is 0 Å². The van der Waals surface area contributed by atoms with Crippen LogP contribution in [0.15, 0.2) is 53.4 Å². The molecule has 1 aliphatic rings. The van der Waals surface area contributed by atoms with E-state index in [2.05, 4.69) is 13.8 Å². The van der Waals surface area contributed by atoms with Gasteiger partial charge in [0.2, 0.25) is 15.9 Å². The standard InChI is InChI=1S/C22H27FN2O3S/c1-17(2)18-7-10-20(11-8-18)29(27,28)25-15-13-24(14-16-25)22(26)12-9-19-5-3-4-6-21(19)23/h3-8,10-11,17H,9,12-16H2,1-2H3. The molecule has 0 N–H and O–H groups in total. The van der Waals surface area contributed by atoms with Gasteiger partial charge in [-0.2, -0.15) is 4.31 Å². The van der Waals surface area contributed by atoms with E-state index in [1.165, 1.54) is 10.4 Å². The Balaban J connectivity index is 1.56. The lowest BCUT2D eigenvalue weighted by atomic mass is 10.0. The van der Waals surface area contributed by atoms with Crippen molar-refractivity contribution in [1.29, 1.82) is 0 Å². The molecule has 0 radical (unpaired) electrons. The van der Waals surface area contributed by atoms with Gasteiger partial charge in [0.1, 0.15) is 5.82 Å². The topological polar surface area (TPSA) is 57.7 Å². The van der Waals surface area contributed by atoms with Crippen molar-refractivity contribution in [1.82, 2.24) is 9.21 Å². The molecule has 1 amide bonds. The van der Waals surface area contributed by atoms with Crippen molar-refractivity contribution in [3.8, 4) is 0 Å². The minimum absolute atomic E-state index is 0.0772. The van der Waals surface area contributed by atoms with Crippen LogP contribution in [0.1, 0.15) is 37.3 Å². The molecular weight excluding hydrogens is 391 g/mol. The van der Waals surface area contributed by atoms with Gasteiger partial charge in [0.05, 0.1) is 4.90 Å². The van der Waals surface area contributed by atoms with Crippen LogP contribution in [0.25, 0.3) is 0 Å². The number of amides is 1. The largest absolute Gasteiger partial charge is 0.340 e. The number of nitrogens with zero attached hydrogens (tertiary/aromatic N) is 2. The van der Waals surface area contributed by atoms with E-state index in [0.717, 1.165) is 5.56 Å². The maximum Gasteiger partial charge on any atom is 0.243 e. The van der Waals surface area contributed by atoms with Crippen molar-refractivity contribution in [2.24, 2.45) is 0 Å².